The van der Waals surface area contributed by atoms with E-state index in [0.717, 1.165) is 16.7 Å². The molecule has 0 saturated carbocycles. The molecule has 24 heavy (non-hydrogen) atoms. The first-order chi connectivity index (χ1) is 11.4. The normalized spacial score (nSPS) is 12.7. The highest BCUT2D eigenvalue weighted by Crippen LogP contribution is 2.18. The standard InChI is InChI=1S/C18H22N4O2/c1-11-5-16-17(6-12(11)2)21(10-20-16)7-15(23)8-22-9-19-14(4)13(3)18(22)24/h5-6,9-10,15,23H,7-8H2,1-4H3/t15-/m0/s1. The highest BCUT2D eigenvalue weighted by molar-refractivity contribution is 5.77. The molecule has 0 amide bonds. The Balaban J connectivity index is 1.83. The molecule has 0 aliphatic carbocycles. The lowest BCUT2D eigenvalue weighted by molar-refractivity contribution is 0.134. The Morgan fingerprint density at radius 2 is 1.62 bits per heavy atom. The van der Waals surface area contributed by atoms with Crippen LogP contribution in [0.2, 0.25) is 0 Å². The van der Waals surface area contributed by atoms with Crippen LogP contribution in [-0.2, 0) is 13.1 Å². The molecule has 3 aromatic rings. The van der Waals surface area contributed by atoms with Crippen LogP contribution in [0.5, 0.6) is 0 Å². The second kappa shape index (κ2) is 6.20. The van der Waals surface area contributed by atoms with Gasteiger partial charge >= 0.3 is 0 Å². The molecule has 1 aromatic carbocycles. The maximum atomic E-state index is 12.2. The van der Waals surface area contributed by atoms with Gasteiger partial charge in [0.15, 0.2) is 0 Å². The number of hydrogen-bond acceptors (Lipinski definition) is 4. The summed E-state index contributed by atoms with van der Waals surface area (Å²) in [4.78, 5) is 20.8. The van der Waals surface area contributed by atoms with Crippen molar-refractivity contribution < 1.29 is 5.11 Å². The molecule has 2 aromatic heterocycles. The second-order valence-electron chi connectivity index (χ2n) is 6.39. The van der Waals surface area contributed by atoms with Crippen LogP contribution in [0.15, 0.2) is 29.6 Å². The van der Waals surface area contributed by atoms with Gasteiger partial charge in [-0.2, -0.15) is 0 Å². The van der Waals surface area contributed by atoms with Crippen molar-refractivity contribution in [1.29, 1.82) is 0 Å². The molecule has 6 heteroatoms. The molecule has 0 saturated heterocycles. The van der Waals surface area contributed by atoms with Crippen LogP contribution in [0.3, 0.4) is 0 Å². The largest absolute Gasteiger partial charge is 0.389 e. The van der Waals surface area contributed by atoms with Crippen molar-refractivity contribution >= 4 is 11.0 Å². The van der Waals surface area contributed by atoms with E-state index in [-0.39, 0.29) is 12.1 Å². The number of aryl methyl sites for hydroxylation is 3. The summed E-state index contributed by atoms with van der Waals surface area (Å²) in [5.74, 6) is 0. The summed E-state index contributed by atoms with van der Waals surface area (Å²) in [6, 6.07) is 4.12. The molecule has 0 aliphatic rings. The number of nitrogens with zero attached hydrogens (tertiary/aromatic N) is 4. The van der Waals surface area contributed by atoms with Crippen molar-refractivity contribution in [1.82, 2.24) is 19.1 Å². The SMILES string of the molecule is Cc1cc2ncn(C[C@H](O)Cn3cnc(C)c(C)c3=O)c2cc1C. The molecular weight excluding hydrogens is 304 g/mol. The zero-order chi connectivity index (χ0) is 17.4. The van der Waals surface area contributed by atoms with E-state index in [1.807, 2.05) is 10.6 Å². The lowest BCUT2D eigenvalue weighted by atomic mass is 10.1. The van der Waals surface area contributed by atoms with Crippen molar-refractivity contribution in [3.05, 3.63) is 57.5 Å². The quantitative estimate of drug-likeness (QED) is 0.794. The van der Waals surface area contributed by atoms with Gasteiger partial charge in [-0.1, -0.05) is 0 Å². The molecule has 2 heterocycles. The molecule has 0 aliphatic heterocycles. The van der Waals surface area contributed by atoms with Gasteiger partial charge in [-0.05, 0) is 51.0 Å². The third-order valence-corrected chi connectivity index (χ3v) is 4.57. The Kier molecular flexibility index (Phi) is 4.24. The molecule has 1 atom stereocenters. The summed E-state index contributed by atoms with van der Waals surface area (Å²) in [5, 5.41) is 10.4. The van der Waals surface area contributed by atoms with Crippen LogP contribution in [0, 0.1) is 27.7 Å². The number of hydrogen-bond donors (Lipinski definition) is 1. The monoisotopic (exact) mass is 326 g/mol. The van der Waals surface area contributed by atoms with Crippen LogP contribution in [-0.4, -0.2) is 30.3 Å². The van der Waals surface area contributed by atoms with Gasteiger partial charge in [-0.25, -0.2) is 9.97 Å². The van der Waals surface area contributed by atoms with Gasteiger partial charge < -0.3 is 9.67 Å². The van der Waals surface area contributed by atoms with Crippen LogP contribution in [0.4, 0.5) is 0 Å². The van der Waals surface area contributed by atoms with E-state index in [1.165, 1.54) is 22.0 Å². The zero-order valence-electron chi connectivity index (χ0n) is 14.4. The van der Waals surface area contributed by atoms with E-state index in [9.17, 15) is 9.90 Å². The highest BCUT2D eigenvalue weighted by Gasteiger charge is 2.12. The number of rotatable bonds is 4. The molecule has 0 bridgehead atoms. The molecule has 6 nitrogen and oxygen atoms in total. The van der Waals surface area contributed by atoms with Gasteiger partial charge in [-0.3, -0.25) is 9.36 Å². The zero-order valence-corrected chi connectivity index (χ0v) is 14.4. The van der Waals surface area contributed by atoms with Crippen LogP contribution >= 0.6 is 0 Å². The molecule has 0 fully saturated rings. The van der Waals surface area contributed by atoms with E-state index in [1.54, 1.807) is 20.2 Å². The number of imidazole rings is 1. The number of aromatic nitrogens is 4. The maximum absolute atomic E-state index is 12.2. The summed E-state index contributed by atoms with van der Waals surface area (Å²) in [6.45, 7) is 8.25. The molecule has 0 unspecified atom stereocenters. The number of fused-ring (bicyclic) bond motifs is 1. The summed E-state index contributed by atoms with van der Waals surface area (Å²) in [5.41, 5.74) is 5.51. The van der Waals surface area contributed by atoms with Crippen molar-refractivity contribution in [3.63, 3.8) is 0 Å². The van der Waals surface area contributed by atoms with Gasteiger partial charge in [0.05, 0.1) is 42.9 Å². The van der Waals surface area contributed by atoms with Gasteiger partial charge in [0.25, 0.3) is 5.56 Å². The van der Waals surface area contributed by atoms with Gasteiger partial charge in [0.1, 0.15) is 0 Å². The molecule has 0 radical (unpaired) electrons. The Labute approximate surface area is 140 Å². The maximum Gasteiger partial charge on any atom is 0.256 e. The summed E-state index contributed by atoms with van der Waals surface area (Å²) in [6.07, 6.45) is 2.52. The first-order valence-corrected chi connectivity index (χ1v) is 7.99. The molecule has 3 rings (SSSR count). The Hall–Kier alpha value is -2.47. The number of benzene rings is 1. The third-order valence-electron chi connectivity index (χ3n) is 4.57. The van der Waals surface area contributed by atoms with Gasteiger partial charge in [0, 0.05) is 11.3 Å². The Bertz CT molecular complexity index is 956. The van der Waals surface area contributed by atoms with Crippen molar-refractivity contribution in [3.8, 4) is 0 Å². The highest BCUT2D eigenvalue weighted by atomic mass is 16.3. The topological polar surface area (TPSA) is 72.9 Å². The predicted octanol–water partition coefficient (Wildman–Crippen LogP) is 1.89. The third kappa shape index (κ3) is 2.97. The summed E-state index contributed by atoms with van der Waals surface area (Å²) < 4.78 is 3.38. The van der Waals surface area contributed by atoms with E-state index in [2.05, 4.69) is 29.9 Å². The van der Waals surface area contributed by atoms with Gasteiger partial charge in [0.2, 0.25) is 0 Å². The van der Waals surface area contributed by atoms with Crippen LogP contribution in [0.1, 0.15) is 22.4 Å². The second-order valence-corrected chi connectivity index (χ2v) is 6.39. The molecule has 1 N–H and O–H groups in total. The minimum atomic E-state index is -0.703. The van der Waals surface area contributed by atoms with E-state index >= 15 is 0 Å². The lowest BCUT2D eigenvalue weighted by Crippen LogP contribution is -2.31. The van der Waals surface area contributed by atoms with Crippen molar-refractivity contribution in [2.24, 2.45) is 0 Å². The van der Waals surface area contributed by atoms with E-state index in [4.69, 9.17) is 0 Å². The summed E-state index contributed by atoms with van der Waals surface area (Å²) >= 11 is 0. The smallest absolute Gasteiger partial charge is 0.256 e. The fraction of sp³-hybridized carbons (Fsp3) is 0.389. The average Bonchev–Trinajstić information content (AvgIpc) is 2.90. The van der Waals surface area contributed by atoms with Gasteiger partial charge in [-0.15, -0.1) is 0 Å². The first kappa shape index (κ1) is 16.4. The fourth-order valence-electron chi connectivity index (χ4n) is 2.78. The Morgan fingerprint density at radius 3 is 2.38 bits per heavy atom. The molecule has 0 spiro atoms. The predicted molar refractivity (Wildman–Crippen MR) is 93.2 cm³/mol. The molecular formula is C18H22N4O2. The summed E-state index contributed by atoms with van der Waals surface area (Å²) in [7, 11) is 0. The minimum absolute atomic E-state index is 0.108. The first-order valence-electron chi connectivity index (χ1n) is 7.99. The Morgan fingerprint density at radius 1 is 1.00 bits per heavy atom. The van der Waals surface area contributed by atoms with E-state index in [0.29, 0.717) is 12.1 Å². The van der Waals surface area contributed by atoms with Crippen LogP contribution in [0.25, 0.3) is 11.0 Å². The number of aliphatic hydroxyl groups is 1. The van der Waals surface area contributed by atoms with Crippen molar-refractivity contribution in [2.45, 2.75) is 46.9 Å². The van der Waals surface area contributed by atoms with E-state index < -0.39 is 6.10 Å². The van der Waals surface area contributed by atoms with Crippen LogP contribution < -0.4 is 5.56 Å². The fourth-order valence-corrected chi connectivity index (χ4v) is 2.78. The lowest BCUT2D eigenvalue weighted by Gasteiger charge is -2.15. The number of aliphatic hydroxyl groups excluding tert-OH is 1. The molecule has 126 valence electrons. The average molecular weight is 326 g/mol. The minimum Gasteiger partial charge on any atom is -0.389 e. The van der Waals surface area contributed by atoms with Crippen molar-refractivity contribution in [2.75, 3.05) is 0 Å².